The molecule has 3 rings (SSSR count). The molecule has 8 heteroatoms. The number of halogens is 2. The molecule has 2 saturated heterocycles. The van der Waals surface area contributed by atoms with Crippen molar-refractivity contribution in [1.29, 1.82) is 0 Å². The van der Waals surface area contributed by atoms with Crippen LogP contribution in [0.15, 0.2) is 18.2 Å². The quantitative estimate of drug-likeness (QED) is 0.702. The molecule has 2 heterocycles. The van der Waals surface area contributed by atoms with Gasteiger partial charge in [-0.2, -0.15) is 0 Å². The maximum atomic E-state index is 12.0. The van der Waals surface area contributed by atoms with E-state index in [0.29, 0.717) is 28.8 Å². The van der Waals surface area contributed by atoms with Gasteiger partial charge in [-0.25, -0.2) is 4.79 Å². The predicted octanol–water partition coefficient (Wildman–Crippen LogP) is 4.92. The van der Waals surface area contributed by atoms with Crippen LogP contribution in [0, 0.1) is 0 Å². The molecule has 29 heavy (non-hydrogen) atoms. The first-order valence-corrected chi connectivity index (χ1v) is 10.7. The summed E-state index contributed by atoms with van der Waals surface area (Å²) >= 11 is 11.9. The molecule has 162 valence electrons. The molecule has 2 fully saturated rings. The summed E-state index contributed by atoms with van der Waals surface area (Å²) in [6.45, 7) is 8.76. The lowest BCUT2D eigenvalue weighted by Gasteiger charge is -2.23. The molecule has 6 nitrogen and oxygen atoms in total. The topological polar surface area (TPSA) is 67.9 Å². The van der Waals surface area contributed by atoms with E-state index in [1.54, 1.807) is 23.1 Å². The Labute approximate surface area is 182 Å². The summed E-state index contributed by atoms with van der Waals surface area (Å²) in [5.74, 6) is -0.176. The second-order valence-corrected chi connectivity index (χ2v) is 8.92. The highest BCUT2D eigenvalue weighted by Crippen LogP contribution is 2.25. The van der Waals surface area contributed by atoms with Crippen molar-refractivity contribution in [1.82, 2.24) is 10.2 Å². The minimum atomic E-state index is -0.361. The molecular weight excluding hydrogens is 415 g/mol. The highest BCUT2D eigenvalue weighted by Gasteiger charge is 2.24. The zero-order valence-electron chi connectivity index (χ0n) is 17.3. The van der Waals surface area contributed by atoms with Crippen molar-refractivity contribution < 1.29 is 19.1 Å². The van der Waals surface area contributed by atoms with Crippen molar-refractivity contribution in [2.24, 2.45) is 0 Å². The average Bonchev–Trinajstić information content (AvgIpc) is 3.19. The van der Waals surface area contributed by atoms with E-state index in [1.807, 2.05) is 20.8 Å². The molecule has 0 atom stereocenters. The number of rotatable bonds is 2. The summed E-state index contributed by atoms with van der Waals surface area (Å²) < 4.78 is 10.4. The van der Waals surface area contributed by atoms with E-state index in [0.717, 1.165) is 38.8 Å². The van der Waals surface area contributed by atoms with Gasteiger partial charge in [0.15, 0.2) is 0 Å². The summed E-state index contributed by atoms with van der Waals surface area (Å²) in [7, 11) is 0. The van der Waals surface area contributed by atoms with Crippen LogP contribution in [0.2, 0.25) is 10.0 Å². The van der Waals surface area contributed by atoms with Crippen LogP contribution in [0.1, 0.15) is 56.8 Å². The van der Waals surface area contributed by atoms with Crippen molar-refractivity contribution in [3.63, 3.8) is 0 Å². The zero-order valence-corrected chi connectivity index (χ0v) is 18.8. The molecule has 1 N–H and O–H groups in total. The van der Waals surface area contributed by atoms with Gasteiger partial charge in [-0.3, -0.25) is 4.79 Å². The van der Waals surface area contributed by atoms with Gasteiger partial charge in [0.25, 0.3) is 5.91 Å². The molecular formula is C21H30Cl2N2O4. The van der Waals surface area contributed by atoms with Crippen LogP contribution in [0.4, 0.5) is 4.79 Å². The van der Waals surface area contributed by atoms with Crippen LogP contribution in [-0.2, 0) is 9.47 Å². The molecule has 2 aliphatic heterocycles. The maximum absolute atomic E-state index is 12.0. The van der Waals surface area contributed by atoms with Crippen LogP contribution in [0.3, 0.4) is 0 Å². The Bertz CT molecular complexity index is 694. The molecule has 1 aromatic carbocycles. The van der Waals surface area contributed by atoms with E-state index in [4.69, 9.17) is 32.7 Å². The predicted molar refractivity (Wildman–Crippen MR) is 115 cm³/mol. The van der Waals surface area contributed by atoms with Gasteiger partial charge in [0, 0.05) is 32.3 Å². The van der Waals surface area contributed by atoms with Gasteiger partial charge in [-0.15, -0.1) is 0 Å². The van der Waals surface area contributed by atoms with Crippen LogP contribution in [0.5, 0.6) is 0 Å². The van der Waals surface area contributed by atoms with Gasteiger partial charge in [-0.05, 0) is 58.6 Å². The third kappa shape index (κ3) is 8.03. The summed E-state index contributed by atoms with van der Waals surface area (Å²) in [6, 6.07) is 5.21. The van der Waals surface area contributed by atoms with E-state index in [2.05, 4.69) is 5.32 Å². The van der Waals surface area contributed by atoms with Crippen molar-refractivity contribution in [2.45, 2.75) is 58.1 Å². The molecule has 0 unspecified atom stereocenters. The Hall–Kier alpha value is -1.50. The fourth-order valence-corrected chi connectivity index (χ4v) is 3.40. The van der Waals surface area contributed by atoms with E-state index >= 15 is 0 Å². The first-order chi connectivity index (χ1) is 13.7. The van der Waals surface area contributed by atoms with E-state index in [-0.39, 0.29) is 23.6 Å². The van der Waals surface area contributed by atoms with Gasteiger partial charge in [0.1, 0.15) is 5.60 Å². The van der Waals surface area contributed by atoms with Crippen LogP contribution >= 0.6 is 23.2 Å². The van der Waals surface area contributed by atoms with Crippen molar-refractivity contribution in [3.8, 4) is 0 Å². The Morgan fingerprint density at radius 2 is 1.76 bits per heavy atom. The van der Waals surface area contributed by atoms with Crippen LogP contribution < -0.4 is 5.32 Å². The summed E-state index contributed by atoms with van der Waals surface area (Å²) in [6.07, 6.45) is 3.73. The van der Waals surface area contributed by atoms with E-state index in [1.165, 1.54) is 0 Å². The first kappa shape index (κ1) is 23.8. The normalized spacial score (nSPS) is 17.3. The monoisotopic (exact) mass is 444 g/mol. The summed E-state index contributed by atoms with van der Waals surface area (Å²) in [4.78, 5) is 25.1. The summed E-state index contributed by atoms with van der Waals surface area (Å²) in [5.41, 5.74) is 0.0605. The number of amides is 2. The number of ether oxygens (including phenoxy) is 2. The smallest absolute Gasteiger partial charge is 0.410 e. The highest BCUT2D eigenvalue weighted by molar-refractivity contribution is 6.43. The molecule has 2 aliphatic rings. The Morgan fingerprint density at radius 3 is 2.34 bits per heavy atom. The fourth-order valence-electron chi connectivity index (χ4n) is 3.01. The Balaban J connectivity index is 0.000000221. The van der Waals surface area contributed by atoms with Gasteiger partial charge < -0.3 is 19.7 Å². The first-order valence-electron chi connectivity index (χ1n) is 9.98. The molecule has 0 aliphatic carbocycles. The molecule has 0 aromatic heterocycles. The highest BCUT2D eigenvalue weighted by atomic mass is 35.5. The number of carbonyl (C=O) groups is 2. The minimum Gasteiger partial charge on any atom is -0.444 e. The van der Waals surface area contributed by atoms with Crippen molar-refractivity contribution in [3.05, 3.63) is 33.8 Å². The Morgan fingerprint density at radius 1 is 1.14 bits per heavy atom. The van der Waals surface area contributed by atoms with Crippen LogP contribution in [-0.4, -0.2) is 54.8 Å². The molecule has 2 amide bonds. The minimum absolute atomic E-state index is 0.159. The number of nitrogens with one attached hydrogen (secondary N) is 1. The lowest BCUT2D eigenvalue weighted by molar-refractivity contribution is 0.0295. The summed E-state index contributed by atoms with van der Waals surface area (Å²) in [5, 5.41) is 3.64. The second-order valence-electron chi connectivity index (χ2n) is 8.14. The lowest BCUT2D eigenvalue weighted by Crippen LogP contribution is -2.39. The maximum Gasteiger partial charge on any atom is 0.410 e. The third-order valence-electron chi connectivity index (χ3n) is 4.51. The second kappa shape index (κ2) is 11.0. The zero-order chi connectivity index (χ0) is 21.4. The number of hydrogen-bond acceptors (Lipinski definition) is 4. The van der Waals surface area contributed by atoms with Crippen LogP contribution in [0.25, 0.3) is 0 Å². The molecule has 0 saturated carbocycles. The van der Waals surface area contributed by atoms with Gasteiger partial charge in [0.2, 0.25) is 0 Å². The number of benzene rings is 1. The standard InChI is InChI=1S/C12H13Cl2NO2.C9H17NO2/c13-10-3-1-2-9(11(10)14)12(16)15-8-4-6-17-7-5-8;1-9(2,3)12-8(11)10-6-4-5-7-10/h1-3,8H,4-7H2,(H,15,16);4-7H2,1-3H3. The SMILES string of the molecule is CC(C)(C)OC(=O)N1CCCC1.O=C(NC1CCOCC1)c1cccc(Cl)c1Cl. The van der Waals surface area contributed by atoms with Gasteiger partial charge in [0.05, 0.1) is 15.6 Å². The average molecular weight is 445 g/mol. The molecule has 0 bridgehead atoms. The van der Waals surface area contributed by atoms with Gasteiger partial charge >= 0.3 is 6.09 Å². The number of nitrogens with zero attached hydrogens (tertiary/aromatic N) is 1. The van der Waals surface area contributed by atoms with E-state index < -0.39 is 0 Å². The van der Waals surface area contributed by atoms with Crippen molar-refractivity contribution in [2.75, 3.05) is 26.3 Å². The van der Waals surface area contributed by atoms with Crippen molar-refractivity contribution >= 4 is 35.2 Å². The lowest BCUT2D eigenvalue weighted by atomic mass is 10.1. The largest absolute Gasteiger partial charge is 0.444 e. The Kier molecular flexibility index (Phi) is 9.05. The molecule has 0 radical (unpaired) electrons. The number of hydrogen-bond donors (Lipinski definition) is 1. The number of carbonyl (C=O) groups excluding carboxylic acids is 2. The third-order valence-corrected chi connectivity index (χ3v) is 5.33. The molecule has 0 spiro atoms. The number of likely N-dealkylation sites (tertiary alicyclic amines) is 1. The van der Waals surface area contributed by atoms with E-state index in [9.17, 15) is 9.59 Å². The molecule has 1 aromatic rings. The fraction of sp³-hybridized carbons (Fsp3) is 0.619. The van der Waals surface area contributed by atoms with Gasteiger partial charge in [-0.1, -0.05) is 29.3 Å².